The van der Waals surface area contributed by atoms with E-state index in [2.05, 4.69) is 4.98 Å². The van der Waals surface area contributed by atoms with Crippen LogP contribution in [0.1, 0.15) is 37.0 Å². The molecule has 1 aliphatic heterocycles. The molecule has 0 radical (unpaired) electrons. The first-order chi connectivity index (χ1) is 16.7. The van der Waals surface area contributed by atoms with Crippen molar-refractivity contribution in [3.63, 3.8) is 0 Å². The van der Waals surface area contributed by atoms with Crippen molar-refractivity contribution >= 4 is 34.3 Å². The zero-order valence-electron chi connectivity index (χ0n) is 20.0. The third kappa shape index (κ3) is 4.96. The summed E-state index contributed by atoms with van der Waals surface area (Å²) < 4.78 is 9.41. The second-order valence-electron chi connectivity index (χ2n) is 9.09. The van der Waals surface area contributed by atoms with Gasteiger partial charge in [0.2, 0.25) is 0 Å². The first kappa shape index (κ1) is 24.9. The molecule has 0 bridgehead atoms. The number of para-hydroxylation sites is 1. The Kier molecular flexibility index (Phi) is 7.27. The number of benzene rings is 1. The number of carbonyl (C=O) groups is 1. The lowest BCUT2D eigenvalue weighted by molar-refractivity contribution is 0.0937. The molecule has 2 aromatic heterocycles. The van der Waals surface area contributed by atoms with E-state index in [1.807, 2.05) is 13.8 Å². The van der Waals surface area contributed by atoms with E-state index in [-0.39, 0.29) is 41.3 Å². The molecule has 3 aromatic rings. The number of thioether (sulfide) groups is 1. The maximum Gasteiger partial charge on any atom is 0.332 e. The average Bonchev–Trinajstić information content (AvgIpc) is 3.34. The third-order valence-electron chi connectivity index (χ3n) is 5.98. The molecule has 11 heteroatoms. The van der Waals surface area contributed by atoms with Gasteiger partial charge in [-0.25, -0.2) is 9.78 Å². The number of ketones is 1. The number of nitrogens with zero attached hydrogens (tertiary/aromatic N) is 4. The second-order valence-corrected chi connectivity index (χ2v) is 10.0. The monoisotopic (exact) mass is 499 g/mol. The van der Waals surface area contributed by atoms with Crippen molar-refractivity contribution in [2.45, 2.75) is 51.0 Å². The fraction of sp³-hybridized carbons (Fsp3) is 0.458. The maximum atomic E-state index is 13.2. The van der Waals surface area contributed by atoms with Crippen LogP contribution in [-0.2, 0) is 24.9 Å². The largest absolute Gasteiger partial charge is 0.384 e. The van der Waals surface area contributed by atoms with Crippen molar-refractivity contribution in [2.75, 3.05) is 18.1 Å². The summed E-state index contributed by atoms with van der Waals surface area (Å²) >= 11 is 1.07. The van der Waals surface area contributed by atoms with Crippen LogP contribution in [0.5, 0.6) is 0 Å². The van der Waals surface area contributed by atoms with Crippen molar-refractivity contribution in [2.24, 2.45) is 13.0 Å². The van der Waals surface area contributed by atoms with E-state index in [0.29, 0.717) is 29.2 Å². The smallest absolute Gasteiger partial charge is 0.332 e. The summed E-state index contributed by atoms with van der Waals surface area (Å²) in [6.45, 7) is 5.08. The number of ether oxygens (including phenoxy) is 1. The van der Waals surface area contributed by atoms with Crippen LogP contribution in [0.4, 0.5) is 5.82 Å². The van der Waals surface area contributed by atoms with Gasteiger partial charge >= 0.3 is 5.69 Å². The Morgan fingerprint density at radius 2 is 1.94 bits per heavy atom. The van der Waals surface area contributed by atoms with Gasteiger partial charge in [0.1, 0.15) is 11.4 Å². The number of Topliss-reactive ketones (excluding diaryl/α,β-unsaturated/α-hetero) is 1. The zero-order chi connectivity index (χ0) is 25.3. The topological polar surface area (TPSA) is 131 Å². The molecule has 1 saturated heterocycles. The molecule has 1 fully saturated rings. The summed E-state index contributed by atoms with van der Waals surface area (Å²) in [5.74, 6) is -0.758. The molecule has 0 aliphatic carbocycles. The normalized spacial score (nSPS) is 15.8. The fourth-order valence-corrected chi connectivity index (χ4v) is 5.08. The van der Waals surface area contributed by atoms with E-state index in [1.165, 1.54) is 16.2 Å². The van der Waals surface area contributed by atoms with Gasteiger partial charge in [-0.1, -0.05) is 37.7 Å². The molecule has 1 unspecified atom stereocenters. The van der Waals surface area contributed by atoms with Crippen molar-refractivity contribution < 1.29 is 9.53 Å². The number of rotatable bonds is 8. The molecule has 4 rings (SSSR count). The van der Waals surface area contributed by atoms with E-state index in [0.717, 1.165) is 29.2 Å². The molecule has 1 aliphatic rings. The summed E-state index contributed by atoms with van der Waals surface area (Å²) in [4.78, 5) is 56.4. The molecule has 3 heterocycles. The summed E-state index contributed by atoms with van der Waals surface area (Å²) in [5, 5.41) is 0.850. The van der Waals surface area contributed by atoms with Gasteiger partial charge in [0.05, 0.1) is 29.3 Å². The SMILES string of the molecule is CC(C)Cn1c(N)c(C(=O)CSc2nc3ccccc3c(=O)n2CC2CCCO2)c(=O)n(C)c1=O. The molecule has 0 amide bonds. The lowest BCUT2D eigenvalue weighted by Crippen LogP contribution is -2.43. The predicted octanol–water partition coefficient (Wildman–Crippen LogP) is 1.65. The van der Waals surface area contributed by atoms with Crippen molar-refractivity contribution in [3.8, 4) is 0 Å². The lowest BCUT2D eigenvalue weighted by atomic mass is 10.2. The minimum atomic E-state index is -0.735. The first-order valence-electron chi connectivity index (χ1n) is 11.6. The van der Waals surface area contributed by atoms with Gasteiger partial charge in [0, 0.05) is 20.2 Å². The van der Waals surface area contributed by atoms with Gasteiger partial charge in [0.15, 0.2) is 10.9 Å². The Balaban J connectivity index is 1.70. The van der Waals surface area contributed by atoms with Crippen LogP contribution in [-0.4, -0.2) is 42.9 Å². The molecule has 186 valence electrons. The quantitative estimate of drug-likeness (QED) is 0.281. The lowest BCUT2D eigenvalue weighted by Gasteiger charge is -2.17. The molecule has 10 nitrogen and oxygen atoms in total. The van der Waals surface area contributed by atoms with Crippen molar-refractivity contribution in [1.82, 2.24) is 18.7 Å². The van der Waals surface area contributed by atoms with Crippen molar-refractivity contribution in [1.29, 1.82) is 0 Å². The van der Waals surface area contributed by atoms with Gasteiger partial charge in [-0.3, -0.25) is 28.1 Å². The van der Waals surface area contributed by atoms with E-state index in [9.17, 15) is 19.2 Å². The van der Waals surface area contributed by atoms with E-state index in [4.69, 9.17) is 10.5 Å². The zero-order valence-corrected chi connectivity index (χ0v) is 20.8. The molecular weight excluding hydrogens is 470 g/mol. The number of aromatic nitrogens is 4. The summed E-state index contributed by atoms with van der Waals surface area (Å²) in [6.07, 6.45) is 1.66. The third-order valence-corrected chi connectivity index (χ3v) is 6.96. The maximum absolute atomic E-state index is 13.2. The van der Waals surface area contributed by atoms with Crippen LogP contribution in [0.15, 0.2) is 43.8 Å². The highest BCUT2D eigenvalue weighted by Gasteiger charge is 2.24. The van der Waals surface area contributed by atoms with Crippen LogP contribution in [0.2, 0.25) is 0 Å². The van der Waals surface area contributed by atoms with E-state index >= 15 is 0 Å². The number of nitrogen functional groups attached to an aromatic ring is 1. The number of hydrogen-bond donors (Lipinski definition) is 1. The number of fused-ring (bicyclic) bond motifs is 1. The minimum absolute atomic E-state index is 0.0823. The van der Waals surface area contributed by atoms with Crippen LogP contribution in [0.3, 0.4) is 0 Å². The van der Waals surface area contributed by atoms with E-state index < -0.39 is 17.0 Å². The standard InChI is InChI=1S/C24H29N5O5S/c1-14(2)11-28-20(25)19(22(32)27(3)24(28)33)18(30)13-35-23-26-17-9-5-4-8-16(17)21(31)29(23)12-15-7-6-10-34-15/h4-5,8-9,14-15H,6-7,10-13,25H2,1-3H3. The van der Waals surface area contributed by atoms with Gasteiger partial charge in [-0.15, -0.1) is 0 Å². The predicted molar refractivity (Wildman–Crippen MR) is 135 cm³/mol. The summed E-state index contributed by atoms with van der Waals surface area (Å²) in [7, 11) is 1.33. The highest BCUT2D eigenvalue weighted by molar-refractivity contribution is 7.99. The second kappa shape index (κ2) is 10.2. The van der Waals surface area contributed by atoms with Crippen LogP contribution in [0, 0.1) is 5.92 Å². The minimum Gasteiger partial charge on any atom is -0.384 e. The molecule has 1 aromatic carbocycles. The fourth-order valence-electron chi connectivity index (χ4n) is 4.20. The van der Waals surface area contributed by atoms with E-state index in [1.54, 1.807) is 24.3 Å². The highest BCUT2D eigenvalue weighted by Crippen LogP contribution is 2.22. The molecule has 0 spiro atoms. The number of hydrogen-bond acceptors (Lipinski definition) is 8. The molecule has 2 N–H and O–H groups in total. The van der Waals surface area contributed by atoms with Crippen LogP contribution < -0.4 is 22.5 Å². The van der Waals surface area contributed by atoms with Gasteiger partial charge in [0.25, 0.3) is 11.1 Å². The molecule has 1 atom stereocenters. The number of nitrogens with two attached hydrogens (primary N) is 1. The Hall–Kier alpha value is -3.18. The molecule has 35 heavy (non-hydrogen) atoms. The Morgan fingerprint density at radius 3 is 2.63 bits per heavy atom. The Morgan fingerprint density at radius 1 is 1.20 bits per heavy atom. The Labute approximate surface area is 205 Å². The van der Waals surface area contributed by atoms with Gasteiger partial charge < -0.3 is 10.5 Å². The van der Waals surface area contributed by atoms with Crippen LogP contribution in [0.25, 0.3) is 10.9 Å². The molecular formula is C24H29N5O5S. The van der Waals surface area contributed by atoms with Crippen LogP contribution >= 0.6 is 11.8 Å². The summed E-state index contributed by atoms with van der Waals surface area (Å²) in [5.41, 5.74) is 4.93. The number of carbonyl (C=O) groups excluding carboxylic acids is 1. The summed E-state index contributed by atoms with van der Waals surface area (Å²) in [6, 6.07) is 7.04. The Bertz CT molecular complexity index is 1450. The van der Waals surface area contributed by atoms with Gasteiger partial charge in [-0.2, -0.15) is 0 Å². The average molecular weight is 500 g/mol. The molecule has 0 saturated carbocycles. The van der Waals surface area contributed by atoms with Crippen molar-refractivity contribution in [3.05, 3.63) is 61.0 Å². The van der Waals surface area contributed by atoms with Gasteiger partial charge in [-0.05, 0) is 30.9 Å². The number of anilines is 1. The highest BCUT2D eigenvalue weighted by atomic mass is 32.2. The first-order valence-corrected chi connectivity index (χ1v) is 12.5.